The third kappa shape index (κ3) is 7.49. The lowest BCUT2D eigenvalue weighted by Crippen LogP contribution is -2.51. The first kappa shape index (κ1) is 27.6. The van der Waals surface area contributed by atoms with E-state index in [-0.39, 0.29) is 30.4 Å². The molecule has 0 aliphatic heterocycles. The smallest absolute Gasteiger partial charge is 0.261 e. The topological polar surface area (TPSA) is 58.6 Å². The molecular formula is C29H32Cl2N2O3. The van der Waals surface area contributed by atoms with E-state index in [1.807, 2.05) is 54.6 Å². The summed E-state index contributed by atoms with van der Waals surface area (Å²) < 4.78 is 5.84. The predicted octanol–water partition coefficient (Wildman–Crippen LogP) is 6.06. The number of hydrogen-bond donors (Lipinski definition) is 1. The van der Waals surface area contributed by atoms with Crippen LogP contribution in [0.5, 0.6) is 5.75 Å². The van der Waals surface area contributed by atoms with Crippen LogP contribution >= 0.6 is 23.2 Å². The van der Waals surface area contributed by atoms with Gasteiger partial charge >= 0.3 is 0 Å². The second kappa shape index (κ2) is 12.3. The highest BCUT2D eigenvalue weighted by molar-refractivity contribution is 6.42. The molecule has 36 heavy (non-hydrogen) atoms. The first-order valence-electron chi connectivity index (χ1n) is 11.8. The molecule has 7 heteroatoms. The average molecular weight is 527 g/mol. The first-order chi connectivity index (χ1) is 17.1. The summed E-state index contributed by atoms with van der Waals surface area (Å²) in [7, 11) is 1.56. The summed E-state index contributed by atoms with van der Waals surface area (Å²) in [6, 6.07) is 21.8. The van der Waals surface area contributed by atoms with E-state index in [2.05, 4.69) is 26.1 Å². The summed E-state index contributed by atoms with van der Waals surface area (Å²) in [6.07, 6.45) is 0.355. The van der Waals surface area contributed by atoms with Crippen molar-refractivity contribution in [1.82, 2.24) is 10.2 Å². The van der Waals surface area contributed by atoms with Gasteiger partial charge < -0.3 is 15.0 Å². The standard InChI is InChI=1S/C29H32Cl2N2O3/c1-29(2,3)22-11-13-23(14-12-22)36-19-27(34)33(18-21-10-15-24(30)25(31)16-21)26(28(35)32-4)17-20-8-6-5-7-9-20/h5-16,26H,17-19H2,1-4H3,(H,32,35). The number of likely N-dealkylation sites (N-methyl/N-ethyl adjacent to an activating group) is 1. The molecule has 3 aromatic rings. The molecule has 0 bridgehead atoms. The lowest BCUT2D eigenvalue weighted by atomic mass is 9.87. The summed E-state index contributed by atoms with van der Waals surface area (Å²) in [5.41, 5.74) is 2.89. The maximum atomic E-state index is 13.5. The Bertz CT molecular complexity index is 1180. The molecule has 0 spiro atoms. The molecule has 3 rings (SSSR count). The minimum Gasteiger partial charge on any atom is -0.484 e. The van der Waals surface area contributed by atoms with Gasteiger partial charge in [-0.1, -0.05) is 92.5 Å². The van der Waals surface area contributed by atoms with Crippen molar-refractivity contribution in [3.05, 3.63) is 99.5 Å². The number of carbonyl (C=O) groups is 2. The Morgan fingerprint density at radius 1 is 0.917 bits per heavy atom. The van der Waals surface area contributed by atoms with E-state index in [1.54, 1.807) is 25.2 Å². The molecule has 2 amide bonds. The van der Waals surface area contributed by atoms with E-state index in [4.69, 9.17) is 27.9 Å². The van der Waals surface area contributed by atoms with Crippen LogP contribution in [0.25, 0.3) is 0 Å². The summed E-state index contributed by atoms with van der Waals surface area (Å²) in [5, 5.41) is 3.51. The highest BCUT2D eigenvalue weighted by Gasteiger charge is 2.30. The molecule has 0 saturated carbocycles. The van der Waals surface area contributed by atoms with Crippen LogP contribution in [-0.4, -0.2) is 36.4 Å². The Labute approximate surface area is 223 Å². The average Bonchev–Trinajstić information content (AvgIpc) is 2.86. The fourth-order valence-corrected chi connectivity index (χ4v) is 4.16. The van der Waals surface area contributed by atoms with Crippen molar-refractivity contribution in [3.8, 4) is 5.75 Å². The molecule has 0 aromatic heterocycles. The number of halogens is 2. The van der Waals surface area contributed by atoms with Crippen LogP contribution in [0.15, 0.2) is 72.8 Å². The van der Waals surface area contributed by atoms with Crippen LogP contribution in [0.1, 0.15) is 37.5 Å². The molecular weight excluding hydrogens is 495 g/mol. The normalized spacial score (nSPS) is 12.1. The number of carbonyl (C=O) groups excluding carboxylic acids is 2. The Balaban J connectivity index is 1.86. The van der Waals surface area contributed by atoms with Crippen molar-refractivity contribution in [3.63, 3.8) is 0 Å². The second-order valence-corrected chi connectivity index (χ2v) is 10.5. The van der Waals surface area contributed by atoms with E-state index in [1.165, 1.54) is 10.5 Å². The van der Waals surface area contributed by atoms with Crippen molar-refractivity contribution in [2.24, 2.45) is 0 Å². The zero-order valence-corrected chi connectivity index (χ0v) is 22.6. The fraction of sp³-hybridized carbons (Fsp3) is 0.310. The van der Waals surface area contributed by atoms with Crippen molar-refractivity contribution < 1.29 is 14.3 Å². The number of benzene rings is 3. The monoisotopic (exact) mass is 526 g/mol. The van der Waals surface area contributed by atoms with Crippen molar-refractivity contribution >= 4 is 35.0 Å². The van der Waals surface area contributed by atoms with Gasteiger partial charge in [-0.2, -0.15) is 0 Å². The molecule has 0 saturated heterocycles. The Morgan fingerprint density at radius 2 is 1.58 bits per heavy atom. The number of nitrogens with one attached hydrogen (secondary N) is 1. The lowest BCUT2D eigenvalue weighted by molar-refractivity contribution is -0.142. The van der Waals surface area contributed by atoms with E-state index >= 15 is 0 Å². The van der Waals surface area contributed by atoms with Gasteiger partial charge in [-0.05, 0) is 46.4 Å². The largest absolute Gasteiger partial charge is 0.484 e. The number of ether oxygens (including phenoxy) is 1. The van der Waals surface area contributed by atoms with Gasteiger partial charge in [-0.15, -0.1) is 0 Å². The lowest BCUT2D eigenvalue weighted by Gasteiger charge is -2.31. The zero-order valence-electron chi connectivity index (χ0n) is 21.1. The van der Waals surface area contributed by atoms with Gasteiger partial charge in [-0.3, -0.25) is 9.59 Å². The minimum atomic E-state index is -0.744. The molecule has 1 unspecified atom stereocenters. The maximum absolute atomic E-state index is 13.5. The molecule has 0 aliphatic carbocycles. The van der Waals surface area contributed by atoms with Gasteiger partial charge in [0.25, 0.3) is 5.91 Å². The van der Waals surface area contributed by atoms with E-state index in [9.17, 15) is 9.59 Å². The molecule has 0 radical (unpaired) electrons. The summed E-state index contributed by atoms with van der Waals surface area (Å²) in [4.78, 5) is 28.0. The van der Waals surface area contributed by atoms with Crippen LogP contribution in [0, 0.1) is 0 Å². The Morgan fingerprint density at radius 3 is 2.17 bits per heavy atom. The first-order valence-corrected chi connectivity index (χ1v) is 12.6. The third-order valence-corrected chi connectivity index (χ3v) is 6.68. The molecule has 5 nitrogen and oxygen atoms in total. The summed E-state index contributed by atoms with van der Waals surface area (Å²) >= 11 is 12.3. The summed E-state index contributed by atoms with van der Waals surface area (Å²) in [5.74, 6) is 0.0117. The molecule has 0 aliphatic rings. The van der Waals surface area contributed by atoms with Crippen LogP contribution in [0.2, 0.25) is 10.0 Å². The number of hydrogen-bond acceptors (Lipinski definition) is 3. The van der Waals surface area contributed by atoms with Gasteiger partial charge in [0, 0.05) is 20.0 Å². The molecule has 3 aromatic carbocycles. The van der Waals surface area contributed by atoms with Gasteiger partial charge in [-0.25, -0.2) is 0 Å². The van der Waals surface area contributed by atoms with Crippen LogP contribution in [0.3, 0.4) is 0 Å². The van der Waals surface area contributed by atoms with Gasteiger partial charge in [0.1, 0.15) is 11.8 Å². The highest BCUT2D eigenvalue weighted by Crippen LogP contribution is 2.26. The Hall–Kier alpha value is -3.02. The SMILES string of the molecule is CNC(=O)C(Cc1ccccc1)N(Cc1ccc(Cl)c(Cl)c1)C(=O)COc1ccc(C(C)(C)C)cc1. The number of nitrogens with zero attached hydrogens (tertiary/aromatic N) is 1. The van der Waals surface area contributed by atoms with Crippen LogP contribution in [0.4, 0.5) is 0 Å². The number of amides is 2. The van der Waals surface area contributed by atoms with Gasteiger partial charge in [0.2, 0.25) is 5.91 Å². The minimum absolute atomic E-state index is 0.0170. The number of rotatable bonds is 9. The predicted molar refractivity (Wildman–Crippen MR) is 146 cm³/mol. The molecule has 0 fully saturated rings. The maximum Gasteiger partial charge on any atom is 0.261 e. The van der Waals surface area contributed by atoms with Crippen LogP contribution in [-0.2, 0) is 28.0 Å². The van der Waals surface area contributed by atoms with Crippen LogP contribution < -0.4 is 10.1 Å². The van der Waals surface area contributed by atoms with Gasteiger partial charge in [0.05, 0.1) is 10.0 Å². The van der Waals surface area contributed by atoms with Gasteiger partial charge in [0.15, 0.2) is 6.61 Å². The van der Waals surface area contributed by atoms with Crippen molar-refractivity contribution in [2.45, 2.75) is 45.2 Å². The second-order valence-electron chi connectivity index (χ2n) is 9.65. The van der Waals surface area contributed by atoms with Crippen molar-refractivity contribution in [1.29, 1.82) is 0 Å². The van der Waals surface area contributed by atoms with E-state index in [0.717, 1.165) is 11.1 Å². The Kier molecular flexibility index (Phi) is 9.41. The molecule has 0 heterocycles. The fourth-order valence-electron chi connectivity index (χ4n) is 3.83. The molecule has 1 N–H and O–H groups in total. The molecule has 190 valence electrons. The summed E-state index contributed by atoms with van der Waals surface area (Å²) in [6.45, 7) is 6.38. The van der Waals surface area contributed by atoms with E-state index in [0.29, 0.717) is 22.2 Å². The highest BCUT2D eigenvalue weighted by atomic mass is 35.5. The van der Waals surface area contributed by atoms with E-state index < -0.39 is 6.04 Å². The zero-order chi connectivity index (χ0) is 26.3. The quantitative estimate of drug-likeness (QED) is 0.368. The third-order valence-electron chi connectivity index (χ3n) is 5.94. The molecule has 1 atom stereocenters. The van der Waals surface area contributed by atoms with Crippen molar-refractivity contribution in [2.75, 3.05) is 13.7 Å².